The molecule has 3 N–H and O–H groups in total. The zero-order valence-corrected chi connectivity index (χ0v) is 21.8. The van der Waals surface area contributed by atoms with Gasteiger partial charge in [0.25, 0.3) is 0 Å². The van der Waals surface area contributed by atoms with Crippen LogP contribution >= 0.6 is 22.6 Å². The quantitative estimate of drug-likeness (QED) is 0.380. The first-order valence-electron chi connectivity index (χ1n) is 11.8. The van der Waals surface area contributed by atoms with Crippen LogP contribution in [0.3, 0.4) is 0 Å². The van der Waals surface area contributed by atoms with Crippen molar-refractivity contribution in [1.82, 2.24) is 14.2 Å². The van der Waals surface area contributed by atoms with E-state index < -0.39 is 22.3 Å². The number of likely N-dealkylation sites (N-methyl/N-ethyl adjacent to an activating group) is 1. The molecule has 0 radical (unpaired) electrons. The summed E-state index contributed by atoms with van der Waals surface area (Å²) in [6.07, 6.45) is 2.79. The van der Waals surface area contributed by atoms with Crippen molar-refractivity contribution in [3.05, 3.63) is 77.3 Å². The predicted octanol–water partition coefficient (Wildman–Crippen LogP) is 6.00. The number of rotatable bonds is 4. The minimum atomic E-state index is -3.26. The summed E-state index contributed by atoms with van der Waals surface area (Å²) in [5.74, 6) is -0.340. The number of piperidine rings is 1. The normalized spacial score (nSPS) is 25.4. The lowest BCUT2D eigenvalue weighted by Gasteiger charge is -2.51. The summed E-state index contributed by atoms with van der Waals surface area (Å²) >= 11 is 6.36. The SMILES string of the molecule is C[C@H]1C[C@]2(CCN1Cc1cc(-c3ccccc3Cl)c(O)cn1)CN(C)S(O)(O)N2c1cccc(F)c1. The highest BCUT2D eigenvalue weighted by molar-refractivity contribution is 8.23. The third-order valence-corrected chi connectivity index (χ3v) is 9.67. The van der Waals surface area contributed by atoms with Crippen molar-refractivity contribution in [2.24, 2.45) is 0 Å². The molecule has 3 heterocycles. The minimum absolute atomic E-state index is 0.0717. The Labute approximate surface area is 217 Å². The highest BCUT2D eigenvalue weighted by Gasteiger charge is 2.55. The first-order valence-corrected chi connectivity index (χ1v) is 13.7. The van der Waals surface area contributed by atoms with E-state index in [1.54, 1.807) is 33.9 Å². The molecule has 0 aliphatic carbocycles. The zero-order valence-electron chi connectivity index (χ0n) is 20.2. The average Bonchev–Trinajstić information content (AvgIpc) is 3.01. The number of pyridine rings is 1. The van der Waals surface area contributed by atoms with Crippen molar-refractivity contribution < 1.29 is 18.6 Å². The Morgan fingerprint density at radius 1 is 1.14 bits per heavy atom. The van der Waals surface area contributed by atoms with Crippen LogP contribution in [0.2, 0.25) is 5.02 Å². The van der Waals surface area contributed by atoms with Gasteiger partial charge in [-0.15, -0.1) is 0 Å². The van der Waals surface area contributed by atoms with Crippen molar-refractivity contribution in [1.29, 1.82) is 0 Å². The average molecular weight is 533 g/mol. The van der Waals surface area contributed by atoms with E-state index >= 15 is 0 Å². The van der Waals surface area contributed by atoms with Gasteiger partial charge >= 0.3 is 0 Å². The van der Waals surface area contributed by atoms with Crippen LogP contribution in [0.5, 0.6) is 5.75 Å². The smallest absolute Gasteiger partial charge is 0.141 e. The van der Waals surface area contributed by atoms with Crippen LogP contribution in [0.1, 0.15) is 25.5 Å². The lowest BCUT2D eigenvalue weighted by Crippen LogP contribution is -2.57. The summed E-state index contributed by atoms with van der Waals surface area (Å²) < 4.78 is 39.4. The Hall–Kier alpha value is -2.40. The Bertz CT molecular complexity index is 1280. The molecule has 0 bridgehead atoms. The maximum Gasteiger partial charge on any atom is 0.141 e. The molecule has 2 aliphatic rings. The van der Waals surface area contributed by atoms with Gasteiger partial charge in [0.05, 0.1) is 23.1 Å². The minimum Gasteiger partial charge on any atom is -0.506 e. The van der Waals surface area contributed by atoms with Gasteiger partial charge in [-0.1, -0.05) is 46.8 Å². The summed E-state index contributed by atoms with van der Waals surface area (Å²) in [6.45, 7) is 3.85. The third-order valence-electron chi connectivity index (χ3n) is 7.29. The highest BCUT2D eigenvalue weighted by atomic mass is 35.5. The molecule has 0 saturated carbocycles. The van der Waals surface area contributed by atoms with Gasteiger partial charge in [0.2, 0.25) is 0 Å². The third kappa shape index (κ3) is 4.44. The molecule has 36 heavy (non-hydrogen) atoms. The van der Waals surface area contributed by atoms with E-state index in [1.165, 1.54) is 18.3 Å². The maximum atomic E-state index is 14.1. The second-order valence-electron chi connectivity index (χ2n) is 9.72. The molecule has 10 heteroatoms. The molecule has 192 valence electrons. The van der Waals surface area contributed by atoms with Crippen LogP contribution in [-0.2, 0) is 6.54 Å². The number of aromatic nitrogens is 1. The molecule has 0 unspecified atom stereocenters. The van der Waals surface area contributed by atoms with E-state index in [9.17, 15) is 18.6 Å². The molecule has 7 nitrogen and oxygen atoms in total. The van der Waals surface area contributed by atoms with Crippen molar-refractivity contribution in [2.75, 3.05) is 24.4 Å². The van der Waals surface area contributed by atoms with Gasteiger partial charge in [0.1, 0.15) is 11.6 Å². The van der Waals surface area contributed by atoms with Gasteiger partial charge in [-0.3, -0.25) is 23.3 Å². The molecule has 5 rings (SSSR count). The second-order valence-corrected chi connectivity index (χ2v) is 12.1. The van der Waals surface area contributed by atoms with Gasteiger partial charge in [-0.25, -0.2) is 4.39 Å². The summed E-state index contributed by atoms with van der Waals surface area (Å²) in [7, 11) is -1.56. The van der Waals surface area contributed by atoms with E-state index in [2.05, 4.69) is 16.8 Å². The molecule has 2 fully saturated rings. The molecule has 2 aromatic carbocycles. The number of halogens is 2. The van der Waals surface area contributed by atoms with E-state index in [0.29, 0.717) is 48.7 Å². The molecule has 2 atom stereocenters. The molecular weight excluding hydrogens is 503 g/mol. The van der Waals surface area contributed by atoms with Gasteiger partial charge in [0, 0.05) is 48.9 Å². The summed E-state index contributed by atoms with van der Waals surface area (Å²) in [6, 6.07) is 15.4. The number of hydrogen-bond acceptors (Lipinski definition) is 7. The molecular formula is C26H30ClFN4O3S. The van der Waals surface area contributed by atoms with Crippen LogP contribution in [0.15, 0.2) is 60.8 Å². The number of aromatic hydroxyl groups is 1. The number of nitrogens with zero attached hydrogens (tertiary/aromatic N) is 4. The van der Waals surface area contributed by atoms with Gasteiger partial charge < -0.3 is 5.11 Å². The molecule has 1 aromatic heterocycles. The van der Waals surface area contributed by atoms with Crippen molar-refractivity contribution >= 4 is 28.3 Å². The highest BCUT2D eigenvalue weighted by Crippen LogP contribution is 2.61. The van der Waals surface area contributed by atoms with Crippen LogP contribution < -0.4 is 4.31 Å². The zero-order chi connectivity index (χ0) is 25.7. The summed E-state index contributed by atoms with van der Waals surface area (Å²) in [4.78, 5) is 6.75. The fourth-order valence-electron chi connectivity index (χ4n) is 5.58. The number of hydrogen-bond donors (Lipinski definition) is 3. The van der Waals surface area contributed by atoms with Crippen LogP contribution in [0.25, 0.3) is 11.1 Å². The standard InChI is InChI=1S/C26H30ClFN4O3S/c1-18-14-26(17-30(2)36(34,35)32(26)21-7-5-6-19(28)12-21)10-11-31(18)16-20-13-23(25(33)15-29-20)22-8-3-4-9-24(22)27/h3-9,12-13,15,18,33-35H,10-11,14,16-17H2,1-2H3/t18-,26+/m0/s1. The van der Waals surface area contributed by atoms with Crippen LogP contribution in [0.4, 0.5) is 10.1 Å². The number of benzene rings is 2. The first kappa shape index (κ1) is 25.3. The lowest BCUT2D eigenvalue weighted by atomic mass is 9.83. The largest absolute Gasteiger partial charge is 0.506 e. The fraction of sp³-hybridized carbons (Fsp3) is 0.346. The van der Waals surface area contributed by atoms with Crippen LogP contribution in [-0.4, -0.2) is 60.1 Å². The predicted molar refractivity (Wildman–Crippen MR) is 143 cm³/mol. The Kier molecular flexibility index (Phi) is 6.65. The number of anilines is 1. The molecule has 1 spiro atoms. The van der Waals surface area contributed by atoms with E-state index in [-0.39, 0.29) is 11.8 Å². The van der Waals surface area contributed by atoms with Gasteiger partial charge in [-0.2, -0.15) is 4.31 Å². The molecule has 3 aromatic rings. The number of likely N-dealkylation sites (tertiary alicyclic amines) is 1. The topological polar surface area (TPSA) is 83.3 Å². The molecule has 0 amide bonds. The summed E-state index contributed by atoms with van der Waals surface area (Å²) in [5, 5.41) is 11.0. The second kappa shape index (κ2) is 9.48. The Morgan fingerprint density at radius 2 is 1.92 bits per heavy atom. The Morgan fingerprint density at radius 3 is 2.64 bits per heavy atom. The van der Waals surface area contributed by atoms with Crippen molar-refractivity contribution in [3.63, 3.8) is 0 Å². The fourth-order valence-corrected chi connectivity index (χ4v) is 7.65. The van der Waals surface area contributed by atoms with Crippen molar-refractivity contribution in [2.45, 2.75) is 37.9 Å². The van der Waals surface area contributed by atoms with E-state index in [4.69, 9.17) is 11.6 Å². The maximum absolute atomic E-state index is 14.1. The lowest BCUT2D eigenvalue weighted by molar-refractivity contribution is 0.0992. The van der Waals surface area contributed by atoms with E-state index in [0.717, 1.165) is 11.3 Å². The summed E-state index contributed by atoms with van der Waals surface area (Å²) in [5.41, 5.74) is 2.12. The first-order chi connectivity index (χ1) is 17.1. The van der Waals surface area contributed by atoms with Gasteiger partial charge in [-0.05, 0) is 50.1 Å². The van der Waals surface area contributed by atoms with Gasteiger partial charge in [0.15, 0.2) is 0 Å². The van der Waals surface area contributed by atoms with Crippen molar-refractivity contribution in [3.8, 4) is 16.9 Å². The van der Waals surface area contributed by atoms with Crippen LogP contribution in [0, 0.1) is 5.82 Å². The Balaban J connectivity index is 1.39. The monoisotopic (exact) mass is 532 g/mol. The van der Waals surface area contributed by atoms with E-state index in [1.807, 2.05) is 24.3 Å². The molecule has 2 aliphatic heterocycles. The molecule has 2 saturated heterocycles.